The fraction of sp³-hybridized carbons (Fsp3) is 0.133. The first-order chi connectivity index (χ1) is 11.1. The lowest BCUT2D eigenvalue weighted by Gasteiger charge is -2.08. The van der Waals surface area contributed by atoms with E-state index in [-0.39, 0.29) is 0 Å². The molecule has 0 radical (unpaired) electrons. The van der Waals surface area contributed by atoms with Crippen LogP contribution in [0.25, 0.3) is 11.4 Å². The molecular weight excluding hydrogens is 321 g/mol. The molecular formula is C15H13ClFN5O. The fourth-order valence-electron chi connectivity index (χ4n) is 1.99. The predicted octanol–water partition coefficient (Wildman–Crippen LogP) is 3.42. The number of hydrogen-bond acceptors (Lipinski definition) is 5. The lowest BCUT2D eigenvalue weighted by atomic mass is 10.3. The first kappa shape index (κ1) is 15.2. The summed E-state index contributed by atoms with van der Waals surface area (Å²) in [6, 6.07) is 8.13. The van der Waals surface area contributed by atoms with Crippen molar-refractivity contribution in [1.82, 2.24) is 19.7 Å². The monoisotopic (exact) mass is 333 g/mol. The van der Waals surface area contributed by atoms with Gasteiger partial charge in [-0.3, -0.25) is 0 Å². The minimum Gasteiger partial charge on any atom is -0.495 e. The van der Waals surface area contributed by atoms with E-state index in [0.717, 1.165) is 5.69 Å². The van der Waals surface area contributed by atoms with Crippen molar-refractivity contribution in [3.63, 3.8) is 0 Å². The molecule has 0 saturated carbocycles. The quantitative estimate of drug-likeness (QED) is 0.741. The molecule has 0 spiro atoms. The molecule has 0 bridgehead atoms. The molecule has 0 unspecified atom stereocenters. The van der Waals surface area contributed by atoms with Gasteiger partial charge in [0, 0.05) is 30.6 Å². The Labute approximate surface area is 136 Å². The third-order valence-corrected chi connectivity index (χ3v) is 3.47. The number of aromatic nitrogens is 4. The van der Waals surface area contributed by atoms with Crippen LogP contribution >= 0.6 is 11.6 Å². The minimum absolute atomic E-state index is 0.448. The Hall–Kier alpha value is -2.67. The first-order valence-electron chi connectivity index (χ1n) is 6.70. The van der Waals surface area contributed by atoms with Crippen molar-refractivity contribution < 1.29 is 9.13 Å². The van der Waals surface area contributed by atoms with Crippen LogP contribution in [0.15, 0.2) is 36.5 Å². The van der Waals surface area contributed by atoms with E-state index in [4.69, 9.17) is 16.3 Å². The van der Waals surface area contributed by atoms with Gasteiger partial charge in [-0.2, -0.15) is 9.37 Å². The molecule has 0 aliphatic carbocycles. The average Bonchev–Trinajstić information content (AvgIpc) is 2.91. The van der Waals surface area contributed by atoms with Gasteiger partial charge in [0.25, 0.3) is 0 Å². The molecule has 3 rings (SSSR count). The number of aryl methyl sites for hydroxylation is 1. The summed E-state index contributed by atoms with van der Waals surface area (Å²) in [4.78, 5) is 7.99. The van der Waals surface area contributed by atoms with Crippen LogP contribution in [0.2, 0.25) is 5.02 Å². The molecule has 8 heteroatoms. The molecule has 2 aromatic heterocycles. The molecule has 6 nitrogen and oxygen atoms in total. The van der Waals surface area contributed by atoms with Crippen LogP contribution in [0.4, 0.5) is 16.0 Å². The van der Waals surface area contributed by atoms with Crippen molar-refractivity contribution in [1.29, 1.82) is 0 Å². The van der Waals surface area contributed by atoms with E-state index in [1.165, 1.54) is 12.3 Å². The average molecular weight is 334 g/mol. The molecule has 2 heterocycles. The summed E-state index contributed by atoms with van der Waals surface area (Å²) in [7, 11) is 3.30. The van der Waals surface area contributed by atoms with E-state index in [1.54, 1.807) is 43.1 Å². The summed E-state index contributed by atoms with van der Waals surface area (Å²) < 4.78 is 19.7. The number of hydrogen-bond donors (Lipinski definition) is 1. The molecule has 0 amide bonds. The molecule has 1 aromatic carbocycles. The van der Waals surface area contributed by atoms with E-state index in [0.29, 0.717) is 28.1 Å². The van der Waals surface area contributed by atoms with Crippen molar-refractivity contribution in [2.24, 2.45) is 7.05 Å². The van der Waals surface area contributed by atoms with E-state index < -0.39 is 5.95 Å². The van der Waals surface area contributed by atoms with Crippen molar-refractivity contribution in [2.75, 3.05) is 12.4 Å². The highest BCUT2D eigenvalue weighted by Crippen LogP contribution is 2.29. The third kappa shape index (κ3) is 3.24. The predicted molar refractivity (Wildman–Crippen MR) is 85.5 cm³/mol. The van der Waals surface area contributed by atoms with Crippen LogP contribution in [-0.4, -0.2) is 26.9 Å². The summed E-state index contributed by atoms with van der Waals surface area (Å²) in [5.74, 6) is 0.982. The van der Waals surface area contributed by atoms with Crippen LogP contribution in [0.3, 0.4) is 0 Å². The van der Waals surface area contributed by atoms with Gasteiger partial charge in [0.15, 0.2) is 5.82 Å². The van der Waals surface area contributed by atoms with Crippen LogP contribution in [0, 0.1) is 5.95 Å². The van der Waals surface area contributed by atoms with E-state index in [1.807, 2.05) is 0 Å². The van der Waals surface area contributed by atoms with Crippen molar-refractivity contribution in [2.45, 2.75) is 0 Å². The Bertz CT molecular complexity index is 834. The molecule has 23 heavy (non-hydrogen) atoms. The smallest absolute Gasteiger partial charge is 0.225 e. The molecule has 0 aliphatic heterocycles. The second-order valence-corrected chi connectivity index (χ2v) is 5.13. The Balaban J connectivity index is 1.88. The summed E-state index contributed by atoms with van der Waals surface area (Å²) in [5.41, 5.74) is 1.38. The second kappa shape index (κ2) is 6.21. The highest BCUT2D eigenvalue weighted by molar-refractivity contribution is 6.32. The number of methoxy groups -OCH3 is 1. The maximum atomic E-state index is 12.9. The number of nitrogens with zero attached hydrogens (tertiary/aromatic N) is 4. The zero-order valence-corrected chi connectivity index (χ0v) is 13.2. The lowest BCUT2D eigenvalue weighted by molar-refractivity contribution is 0.415. The zero-order chi connectivity index (χ0) is 16.4. The van der Waals surface area contributed by atoms with Crippen molar-refractivity contribution in [3.05, 3.63) is 47.5 Å². The van der Waals surface area contributed by atoms with Gasteiger partial charge < -0.3 is 10.1 Å². The highest BCUT2D eigenvalue weighted by atomic mass is 35.5. The number of ether oxygens (including phenoxy) is 1. The molecule has 1 N–H and O–H groups in total. The second-order valence-electron chi connectivity index (χ2n) is 4.73. The molecule has 118 valence electrons. The van der Waals surface area contributed by atoms with Gasteiger partial charge in [-0.1, -0.05) is 11.6 Å². The highest BCUT2D eigenvalue weighted by Gasteiger charge is 2.11. The van der Waals surface area contributed by atoms with Crippen molar-refractivity contribution in [3.8, 4) is 17.1 Å². The maximum absolute atomic E-state index is 12.9. The van der Waals surface area contributed by atoms with Crippen LogP contribution < -0.4 is 10.1 Å². The number of benzene rings is 1. The Morgan fingerprint density at radius 2 is 2.09 bits per heavy atom. The summed E-state index contributed by atoms with van der Waals surface area (Å²) in [5, 5.41) is 7.94. The van der Waals surface area contributed by atoms with Gasteiger partial charge in [-0.25, -0.2) is 9.67 Å². The first-order valence-corrected chi connectivity index (χ1v) is 7.08. The minimum atomic E-state index is -0.545. The zero-order valence-electron chi connectivity index (χ0n) is 12.4. The lowest BCUT2D eigenvalue weighted by Crippen LogP contribution is -2.00. The number of rotatable bonds is 4. The number of pyridine rings is 1. The summed E-state index contributed by atoms with van der Waals surface area (Å²) in [6.45, 7) is 0. The number of nitrogens with one attached hydrogen (secondary N) is 1. The molecule has 0 atom stereocenters. The maximum Gasteiger partial charge on any atom is 0.225 e. The van der Waals surface area contributed by atoms with Gasteiger partial charge >= 0.3 is 0 Å². The van der Waals surface area contributed by atoms with Gasteiger partial charge in [-0.15, -0.1) is 5.10 Å². The summed E-state index contributed by atoms with van der Waals surface area (Å²) >= 11 is 6.00. The normalized spacial score (nSPS) is 10.6. The SMILES string of the molecule is COc1cc(Nc2nc(-c3ccc(F)nc3)nn2C)ccc1Cl. The number of halogens is 2. The van der Waals surface area contributed by atoms with E-state index >= 15 is 0 Å². The largest absolute Gasteiger partial charge is 0.495 e. The molecule has 3 aromatic rings. The van der Waals surface area contributed by atoms with Gasteiger partial charge in [0.2, 0.25) is 11.9 Å². The van der Waals surface area contributed by atoms with E-state index in [2.05, 4.69) is 20.4 Å². The van der Waals surface area contributed by atoms with Crippen LogP contribution in [0.5, 0.6) is 5.75 Å². The van der Waals surface area contributed by atoms with Gasteiger partial charge in [0.1, 0.15) is 5.75 Å². The third-order valence-electron chi connectivity index (χ3n) is 3.16. The molecule has 0 fully saturated rings. The standard InChI is InChI=1S/C15H13ClFN5O/c1-22-15(19-10-4-5-11(16)12(7-10)23-2)20-14(21-22)9-3-6-13(17)18-8-9/h3-8H,1-2H3,(H,19,20,21). The number of anilines is 2. The van der Waals surface area contributed by atoms with Crippen molar-refractivity contribution >= 4 is 23.2 Å². The topological polar surface area (TPSA) is 64.9 Å². The van der Waals surface area contributed by atoms with E-state index in [9.17, 15) is 4.39 Å². The molecule has 0 saturated heterocycles. The Morgan fingerprint density at radius 3 is 2.78 bits per heavy atom. The molecule has 0 aliphatic rings. The van der Waals surface area contributed by atoms with Gasteiger partial charge in [0.05, 0.1) is 12.1 Å². The summed E-state index contributed by atoms with van der Waals surface area (Å²) in [6.07, 6.45) is 1.39. The van der Waals surface area contributed by atoms with Crippen LogP contribution in [-0.2, 0) is 7.05 Å². The van der Waals surface area contributed by atoms with Gasteiger partial charge in [-0.05, 0) is 24.3 Å². The Morgan fingerprint density at radius 1 is 1.26 bits per heavy atom. The fourth-order valence-corrected chi connectivity index (χ4v) is 2.19. The van der Waals surface area contributed by atoms with Crippen LogP contribution in [0.1, 0.15) is 0 Å². The Kier molecular flexibility index (Phi) is 4.12.